The number of rotatable bonds is 5. The van der Waals surface area contributed by atoms with Gasteiger partial charge in [-0.15, -0.1) is 6.42 Å². The number of halogens is 3. The van der Waals surface area contributed by atoms with Gasteiger partial charge in [-0.2, -0.15) is 9.97 Å². The zero-order valence-corrected chi connectivity index (χ0v) is 26.4. The number of aromatic nitrogens is 2. The van der Waals surface area contributed by atoms with Gasteiger partial charge in [0.2, 0.25) is 5.91 Å². The number of benzene rings is 3. The van der Waals surface area contributed by atoms with Crippen molar-refractivity contribution in [2.24, 2.45) is 0 Å². The number of hydrogen-bond acceptors (Lipinski definition) is 8. The third-order valence-corrected chi connectivity index (χ3v) is 10.1. The topological polar surface area (TPSA) is 95.2 Å². The zero-order chi connectivity index (χ0) is 33.5. The number of piperazine rings is 1. The summed E-state index contributed by atoms with van der Waals surface area (Å²) in [6.07, 6.45) is 6.78. The second-order valence-corrected chi connectivity index (χ2v) is 13.1. The van der Waals surface area contributed by atoms with Crippen molar-refractivity contribution in [1.29, 1.82) is 0 Å². The number of alkyl halides is 1. The first-order chi connectivity index (χ1) is 23.1. The van der Waals surface area contributed by atoms with Gasteiger partial charge in [-0.1, -0.05) is 12.0 Å². The maximum atomic E-state index is 17.4. The monoisotopic (exact) mass is 655 g/mol. The van der Waals surface area contributed by atoms with Crippen LogP contribution in [0.25, 0.3) is 43.8 Å². The molecule has 9 nitrogen and oxygen atoms in total. The van der Waals surface area contributed by atoms with Gasteiger partial charge in [-0.05, 0) is 56.0 Å². The van der Waals surface area contributed by atoms with Gasteiger partial charge in [0.05, 0.1) is 28.6 Å². The predicted molar refractivity (Wildman–Crippen MR) is 175 cm³/mol. The molecule has 3 aromatic carbocycles. The smallest absolute Gasteiger partial charge is 0.319 e. The molecule has 2 atom stereocenters. The van der Waals surface area contributed by atoms with Gasteiger partial charge in [0.15, 0.2) is 5.82 Å². The standard InChI is InChI=1S/C36H32F3N5O4/c1-4-23-26(38)7-6-20-13-22(45)14-24(28(20)23)29-31(39)32-30(25-12-19(2)48-33(25)29)34(43-11-10-42(3)27(46)17-43)41-35(40-32)47-18-36-8-5-9-44(36)16-21(37)15-36/h1,6-7,12-14,21,45H,5,8-11,15-18H2,2-3H3/t21-,36+/m1/s1. The van der Waals surface area contributed by atoms with Crippen LogP contribution in [0, 0.1) is 30.9 Å². The summed E-state index contributed by atoms with van der Waals surface area (Å²) < 4.78 is 59.3. The molecule has 3 aliphatic rings. The number of hydrogen-bond donors (Lipinski definition) is 1. The second-order valence-electron chi connectivity index (χ2n) is 13.1. The van der Waals surface area contributed by atoms with E-state index in [0.29, 0.717) is 53.8 Å². The quantitative estimate of drug-likeness (QED) is 0.241. The average Bonchev–Trinajstić information content (AvgIpc) is 3.72. The molecule has 0 unspecified atom stereocenters. The van der Waals surface area contributed by atoms with E-state index in [4.69, 9.17) is 20.6 Å². The van der Waals surface area contributed by atoms with Crippen LogP contribution in [0.3, 0.4) is 0 Å². The summed E-state index contributed by atoms with van der Waals surface area (Å²) in [6, 6.07) is 7.03. The fourth-order valence-electron chi connectivity index (χ4n) is 7.82. The van der Waals surface area contributed by atoms with Gasteiger partial charge in [0.25, 0.3) is 0 Å². The number of carbonyl (C=O) groups is 1. The first kappa shape index (κ1) is 30.3. The molecule has 0 bridgehead atoms. The lowest BCUT2D eigenvalue weighted by molar-refractivity contribution is -0.129. The van der Waals surface area contributed by atoms with E-state index in [1.165, 1.54) is 24.3 Å². The summed E-state index contributed by atoms with van der Waals surface area (Å²) in [6.45, 7) is 3.76. The maximum Gasteiger partial charge on any atom is 0.319 e. The van der Waals surface area contributed by atoms with Crippen LogP contribution in [0.2, 0.25) is 0 Å². The second kappa shape index (κ2) is 11.0. The van der Waals surface area contributed by atoms with E-state index < -0.39 is 23.3 Å². The van der Waals surface area contributed by atoms with Crippen molar-refractivity contribution >= 4 is 44.4 Å². The van der Waals surface area contributed by atoms with Crippen molar-refractivity contribution in [3.63, 3.8) is 0 Å². The van der Waals surface area contributed by atoms with Gasteiger partial charge in [-0.25, -0.2) is 13.2 Å². The van der Waals surface area contributed by atoms with Crippen molar-refractivity contribution in [1.82, 2.24) is 19.8 Å². The van der Waals surface area contributed by atoms with E-state index in [-0.39, 0.29) is 64.0 Å². The molecule has 0 spiro atoms. The molecule has 1 N–H and O–H groups in total. The number of furan rings is 1. The third kappa shape index (κ3) is 4.63. The minimum atomic E-state index is -0.967. The Kier molecular flexibility index (Phi) is 6.96. The molecule has 2 aromatic heterocycles. The third-order valence-electron chi connectivity index (χ3n) is 10.1. The summed E-state index contributed by atoms with van der Waals surface area (Å²) in [4.78, 5) is 27.7. The number of fused-ring (bicyclic) bond motifs is 5. The van der Waals surface area contributed by atoms with Gasteiger partial charge in [-0.3, -0.25) is 9.69 Å². The summed E-state index contributed by atoms with van der Waals surface area (Å²) in [5, 5.41) is 12.1. The molecule has 5 aromatic rings. The lowest BCUT2D eigenvalue weighted by Gasteiger charge is -2.34. The van der Waals surface area contributed by atoms with Crippen LogP contribution in [-0.2, 0) is 4.79 Å². The normalized spacial score (nSPS) is 21.5. The number of nitrogens with zero attached hydrogens (tertiary/aromatic N) is 5. The van der Waals surface area contributed by atoms with E-state index in [0.717, 1.165) is 19.4 Å². The number of aromatic hydroxyl groups is 1. The zero-order valence-electron chi connectivity index (χ0n) is 26.4. The predicted octanol–water partition coefficient (Wildman–Crippen LogP) is 5.70. The molecule has 3 fully saturated rings. The van der Waals surface area contributed by atoms with Crippen LogP contribution in [0.5, 0.6) is 11.8 Å². The van der Waals surface area contributed by atoms with Gasteiger partial charge >= 0.3 is 6.01 Å². The molecule has 8 rings (SSSR count). The Labute approximate surface area is 273 Å². The summed E-state index contributed by atoms with van der Waals surface area (Å²) in [5.41, 5.74) is -0.548. The molecule has 5 heterocycles. The van der Waals surface area contributed by atoms with E-state index in [9.17, 15) is 14.3 Å². The van der Waals surface area contributed by atoms with Crippen molar-refractivity contribution in [3.05, 3.63) is 53.3 Å². The van der Waals surface area contributed by atoms with E-state index in [2.05, 4.69) is 15.8 Å². The molecule has 1 amide bonds. The number of ether oxygens (including phenoxy) is 1. The minimum Gasteiger partial charge on any atom is -0.508 e. The Hall–Kier alpha value is -5.02. The number of aryl methyl sites for hydroxylation is 1. The highest BCUT2D eigenvalue weighted by Gasteiger charge is 2.49. The molecule has 0 radical (unpaired) electrons. The Morgan fingerprint density at radius 1 is 1.17 bits per heavy atom. The highest BCUT2D eigenvalue weighted by atomic mass is 19.1. The number of terminal acetylenes is 1. The molecular weight excluding hydrogens is 623 g/mol. The molecule has 12 heteroatoms. The fourth-order valence-corrected chi connectivity index (χ4v) is 7.82. The Morgan fingerprint density at radius 3 is 2.79 bits per heavy atom. The lowest BCUT2D eigenvalue weighted by atomic mass is 9.91. The van der Waals surface area contributed by atoms with Gasteiger partial charge in [0, 0.05) is 49.4 Å². The first-order valence-electron chi connectivity index (χ1n) is 15.9. The van der Waals surface area contributed by atoms with Crippen LogP contribution in [-0.4, -0.2) is 88.9 Å². The number of phenolic OH excluding ortho intramolecular Hbond substituents is 1. The summed E-state index contributed by atoms with van der Waals surface area (Å²) in [5.74, 6) is 1.30. The maximum absolute atomic E-state index is 17.4. The van der Waals surface area contributed by atoms with Crippen molar-refractivity contribution in [2.75, 3.05) is 51.3 Å². The lowest BCUT2D eigenvalue weighted by Crippen LogP contribution is -2.49. The van der Waals surface area contributed by atoms with Crippen molar-refractivity contribution in [2.45, 2.75) is 37.9 Å². The molecule has 3 aliphatic heterocycles. The Balaban J connectivity index is 1.39. The summed E-state index contributed by atoms with van der Waals surface area (Å²) in [7, 11) is 1.72. The number of carbonyl (C=O) groups excluding carboxylic acids is 1. The first-order valence-corrected chi connectivity index (χ1v) is 15.9. The van der Waals surface area contributed by atoms with Gasteiger partial charge < -0.3 is 24.1 Å². The molecule has 0 aliphatic carbocycles. The average molecular weight is 656 g/mol. The fraction of sp³-hybridized carbons (Fsp3) is 0.361. The number of anilines is 1. The SMILES string of the molecule is C#Cc1c(F)ccc2cc(O)cc(-c3c(F)c4nc(OC[C@@]56CCCN5C[C@H](F)C6)nc(N5CCN(C)C(=O)C5)c4c4cc(C)oc34)c12. The van der Waals surface area contributed by atoms with Crippen LogP contribution < -0.4 is 9.64 Å². The van der Waals surface area contributed by atoms with Gasteiger partial charge in [0.1, 0.15) is 47.0 Å². The highest BCUT2D eigenvalue weighted by molar-refractivity contribution is 6.18. The van der Waals surface area contributed by atoms with E-state index >= 15 is 8.78 Å². The number of amides is 1. The van der Waals surface area contributed by atoms with Crippen LogP contribution >= 0.6 is 0 Å². The minimum absolute atomic E-state index is 0.00695. The number of phenols is 1. The van der Waals surface area contributed by atoms with E-state index in [1.54, 1.807) is 29.8 Å². The van der Waals surface area contributed by atoms with Crippen LogP contribution in [0.15, 0.2) is 34.7 Å². The Morgan fingerprint density at radius 2 is 2.00 bits per heavy atom. The molecule has 246 valence electrons. The molecule has 48 heavy (non-hydrogen) atoms. The largest absolute Gasteiger partial charge is 0.508 e. The highest BCUT2D eigenvalue weighted by Crippen LogP contribution is 2.46. The van der Waals surface area contributed by atoms with Crippen molar-refractivity contribution in [3.8, 4) is 35.2 Å². The summed E-state index contributed by atoms with van der Waals surface area (Å²) >= 11 is 0. The molecule has 0 saturated carbocycles. The van der Waals surface area contributed by atoms with Crippen LogP contribution in [0.4, 0.5) is 19.0 Å². The number of likely N-dealkylation sites (N-methyl/N-ethyl adjacent to an activating group) is 1. The molecule has 3 saturated heterocycles. The van der Waals surface area contributed by atoms with Crippen LogP contribution in [0.1, 0.15) is 30.6 Å². The van der Waals surface area contributed by atoms with Crippen molar-refractivity contribution < 1.29 is 32.2 Å². The Bertz CT molecular complexity index is 2210. The molecular formula is C36H32F3N5O4. The van der Waals surface area contributed by atoms with E-state index in [1.807, 2.05) is 0 Å².